The summed E-state index contributed by atoms with van der Waals surface area (Å²) in [5.41, 5.74) is 6.09. The van der Waals surface area contributed by atoms with Gasteiger partial charge >= 0.3 is 0 Å². The first kappa shape index (κ1) is 17.8. The molecule has 0 amide bonds. The Morgan fingerprint density at radius 2 is 1.96 bits per heavy atom. The molecule has 4 unspecified atom stereocenters. The molecule has 4 atom stereocenters. The highest BCUT2D eigenvalue weighted by Crippen LogP contribution is 2.30. The van der Waals surface area contributed by atoms with Crippen molar-refractivity contribution in [3.8, 4) is 0 Å². The summed E-state index contributed by atoms with van der Waals surface area (Å²) in [7, 11) is -3.47. The first-order valence-corrected chi connectivity index (χ1v) is 10.1. The zero-order valence-corrected chi connectivity index (χ0v) is 14.7. The van der Waals surface area contributed by atoms with E-state index in [-0.39, 0.29) is 24.1 Å². The van der Waals surface area contributed by atoms with Gasteiger partial charge in [0.25, 0.3) is 0 Å². The number of piperazine rings is 1. The summed E-state index contributed by atoms with van der Waals surface area (Å²) in [5, 5.41) is 13.0. The third kappa shape index (κ3) is 3.81. The topological polar surface area (TPSA) is 95.7 Å². The first-order valence-electron chi connectivity index (χ1n) is 8.69. The lowest BCUT2D eigenvalue weighted by Gasteiger charge is -2.36. The molecule has 1 aliphatic heterocycles. The van der Waals surface area contributed by atoms with Gasteiger partial charge in [-0.1, -0.05) is 18.2 Å². The maximum absolute atomic E-state index is 12.9. The van der Waals surface area contributed by atoms with Crippen molar-refractivity contribution < 1.29 is 13.5 Å². The van der Waals surface area contributed by atoms with E-state index in [2.05, 4.69) is 5.32 Å². The standard InChI is InChI=1S/C17H27N3O3S/c18-17-11-15(21)10-13(17)6-7-14-12-19-8-9-20(14)24(22,23)16-4-2-1-3-5-16/h1-5,13-15,17,19,21H,6-12,18H2. The van der Waals surface area contributed by atoms with Crippen LogP contribution in [-0.2, 0) is 10.0 Å². The third-order valence-electron chi connectivity index (χ3n) is 5.24. The quantitative estimate of drug-likeness (QED) is 0.718. The van der Waals surface area contributed by atoms with Gasteiger partial charge in [0.2, 0.25) is 10.0 Å². The number of nitrogens with two attached hydrogens (primary N) is 1. The minimum Gasteiger partial charge on any atom is -0.393 e. The summed E-state index contributed by atoms with van der Waals surface area (Å²) < 4.78 is 27.5. The summed E-state index contributed by atoms with van der Waals surface area (Å²) in [6.07, 6.45) is 2.70. The predicted octanol–water partition coefficient (Wildman–Crippen LogP) is 0.528. The molecular formula is C17H27N3O3S. The van der Waals surface area contributed by atoms with Gasteiger partial charge in [-0.25, -0.2) is 8.42 Å². The Hall–Kier alpha value is -0.990. The van der Waals surface area contributed by atoms with Crippen LogP contribution in [0.25, 0.3) is 0 Å². The number of hydrogen-bond donors (Lipinski definition) is 3. The van der Waals surface area contributed by atoms with Gasteiger partial charge in [0.05, 0.1) is 11.0 Å². The average molecular weight is 353 g/mol. The Bertz CT molecular complexity index is 638. The molecule has 24 heavy (non-hydrogen) atoms. The maximum atomic E-state index is 12.9. The summed E-state index contributed by atoms with van der Waals surface area (Å²) >= 11 is 0. The number of nitrogens with zero attached hydrogens (tertiary/aromatic N) is 1. The van der Waals surface area contributed by atoms with Crippen molar-refractivity contribution in [3.63, 3.8) is 0 Å². The van der Waals surface area contributed by atoms with Crippen molar-refractivity contribution in [2.75, 3.05) is 19.6 Å². The second kappa shape index (κ2) is 7.49. The zero-order valence-electron chi connectivity index (χ0n) is 13.8. The lowest BCUT2D eigenvalue weighted by molar-refractivity contribution is 0.174. The van der Waals surface area contributed by atoms with E-state index in [0.717, 1.165) is 19.3 Å². The van der Waals surface area contributed by atoms with Gasteiger partial charge in [-0.05, 0) is 43.7 Å². The van der Waals surface area contributed by atoms with E-state index >= 15 is 0 Å². The monoisotopic (exact) mass is 353 g/mol. The molecule has 6 nitrogen and oxygen atoms in total. The van der Waals surface area contributed by atoms with Crippen molar-refractivity contribution >= 4 is 10.0 Å². The second-order valence-electron chi connectivity index (χ2n) is 6.91. The van der Waals surface area contributed by atoms with Crippen LogP contribution in [0.4, 0.5) is 0 Å². The molecule has 1 aromatic carbocycles. The Balaban J connectivity index is 1.70. The normalized spacial score (nSPS) is 32.1. The molecule has 134 valence electrons. The Morgan fingerprint density at radius 3 is 2.62 bits per heavy atom. The van der Waals surface area contributed by atoms with E-state index < -0.39 is 10.0 Å². The molecule has 1 aliphatic carbocycles. The molecule has 1 saturated heterocycles. The van der Waals surface area contributed by atoms with E-state index in [1.165, 1.54) is 0 Å². The van der Waals surface area contributed by atoms with Gasteiger partial charge in [0.1, 0.15) is 0 Å². The highest BCUT2D eigenvalue weighted by Gasteiger charge is 2.35. The third-order valence-corrected chi connectivity index (χ3v) is 7.21. The van der Waals surface area contributed by atoms with Crippen LogP contribution in [0, 0.1) is 5.92 Å². The molecule has 2 aliphatic rings. The van der Waals surface area contributed by atoms with E-state index in [0.29, 0.717) is 31.0 Å². The number of rotatable bonds is 5. The largest absolute Gasteiger partial charge is 0.393 e. The fraction of sp³-hybridized carbons (Fsp3) is 0.647. The van der Waals surface area contributed by atoms with Gasteiger partial charge in [-0.2, -0.15) is 4.31 Å². The smallest absolute Gasteiger partial charge is 0.243 e. The van der Waals surface area contributed by atoms with E-state index in [1.807, 2.05) is 6.07 Å². The van der Waals surface area contributed by atoms with Gasteiger partial charge in [-0.3, -0.25) is 0 Å². The summed E-state index contributed by atoms with van der Waals surface area (Å²) in [6.45, 7) is 1.82. The molecular weight excluding hydrogens is 326 g/mol. The van der Waals surface area contributed by atoms with Gasteiger partial charge in [-0.15, -0.1) is 0 Å². The summed E-state index contributed by atoms with van der Waals surface area (Å²) in [4.78, 5) is 0.352. The number of benzene rings is 1. The Kier molecular flexibility index (Phi) is 5.56. The molecule has 0 aromatic heterocycles. The van der Waals surface area contributed by atoms with E-state index in [1.54, 1.807) is 28.6 Å². The lowest BCUT2D eigenvalue weighted by atomic mass is 9.95. The minimum absolute atomic E-state index is 0.0238. The number of aliphatic hydroxyl groups is 1. The van der Waals surface area contributed by atoms with Crippen LogP contribution in [-0.4, -0.2) is 55.7 Å². The fourth-order valence-electron chi connectivity index (χ4n) is 3.90. The van der Waals surface area contributed by atoms with Crippen molar-refractivity contribution in [2.45, 2.75) is 48.8 Å². The highest BCUT2D eigenvalue weighted by molar-refractivity contribution is 7.89. The number of hydrogen-bond acceptors (Lipinski definition) is 5. The summed E-state index contributed by atoms with van der Waals surface area (Å²) in [6, 6.07) is 8.59. The van der Waals surface area contributed by atoms with Crippen molar-refractivity contribution in [3.05, 3.63) is 30.3 Å². The Morgan fingerprint density at radius 1 is 1.21 bits per heavy atom. The molecule has 1 saturated carbocycles. The lowest BCUT2D eigenvalue weighted by Crippen LogP contribution is -2.53. The molecule has 1 heterocycles. The second-order valence-corrected chi connectivity index (χ2v) is 8.80. The van der Waals surface area contributed by atoms with Crippen molar-refractivity contribution in [1.82, 2.24) is 9.62 Å². The molecule has 7 heteroatoms. The van der Waals surface area contributed by atoms with Crippen molar-refractivity contribution in [2.24, 2.45) is 11.7 Å². The van der Waals surface area contributed by atoms with Crippen LogP contribution < -0.4 is 11.1 Å². The molecule has 3 rings (SSSR count). The van der Waals surface area contributed by atoms with Crippen LogP contribution in [0.15, 0.2) is 35.2 Å². The van der Waals surface area contributed by atoms with Crippen LogP contribution in [0.2, 0.25) is 0 Å². The molecule has 0 bridgehead atoms. The number of sulfonamides is 1. The van der Waals surface area contributed by atoms with Crippen LogP contribution >= 0.6 is 0 Å². The first-order chi connectivity index (χ1) is 11.5. The Labute approximate surface area is 144 Å². The van der Waals surface area contributed by atoms with Crippen LogP contribution in [0.1, 0.15) is 25.7 Å². The average Bonchev–Trinajstić information content (AvgIpc) is 2.91. The van der Waals surface area contributed by atoms with E-state index in [4.69, 9.17) is 5.73 Å². The van der Waals surface area contributed by atoms with E-state index in [9.17, 15) is 13.5 Å². The fourth-order valence-corrected chi connectivity index (χ4v) is 5.57. The van der Waals surface area contributed by atoms with Crippen LogP contribution in [0.3, 0.4) is 0 Å². The minimum atomic E-state index is -3.47. The number of aliphatic hydroxyl groups excluding tert-OH is 1. The number of nitrogens with one attached hydrogen (secondary N) is 1. The maximum Gasteiger partial charge on any atom is 0.243 e. The van der Waals surface area contributed by atoms with Gasteiger partial charge in [0, 0.05) is 31.7 Å². The molecule has 4 N–H and O–H groups in total. The SMILES string of the molecule is NC1CC(O)CC1CCC1CNCCN1S(=O)(=O)c1ccccc1. The van der Waals surface area contributed by atoms with Gasteiger partial charge < -0.3 is 16.2 Å². The highest BCUT2D eigenvalue weighted by atomic mass is 32.2. The molecule has 2 fully saturated rings. The molecule has 0 spiro atoms. The zero-order chi connectivity index (χ0) is 17.2. The molecule has 0 radical (unpaired) electrons. The predicted molar refractivity (Wildman–Crippen MR) is 92.9 cm³/mol. The van der Waals surface area contributed by atoms with Crippen molar-refractivity contribution in [1.29, 1.82) is 0 Å². The van der Waals surface area contributed by atoms with Crippen LogP contribution in [0.5, 0.6) is 0 Å². The molecule has 1 aromatic rings. The summed E-state index contributed by atoms with van der Waals surface area (Å²) in [5.74, 6) is 0.281. The van der Waals surface area contributed by atoms with Gasteiger partial charge in [0.15, 0.2) is 0 Å².